The third kappa shape index (κ3) is 7.73. The minimum absolute atomic E-state index is 0. The van der Waals surface area contributed by atoms with Gasteiger partial charge < -0.3 is 9.67 Å². The van der Waals surface area contributed by atoms with Crippen LogP contribution in [0.1, 0.15) is 77.0 Å². The number of fused-ring (bicyclic) bond motifs is 2. The second kappa shape index (κ2) is 15.2. The maximum absolute atomic E-state index is 10.0. The molecule has 0 atom stereocenters. The average molecular weight is 818 g/mol. The quantitative estimate of drug-likeness (QED) is 0.0992. The number of allylic oxidation sites excluding steroid dienone is 3. The summed E-state index contributed by atoms with van der Waals surface area (Å²) in [5.74, 6) is 1.53. The largest absolute Gasteiger partial charge is 0.512 e. The van der Waals surface area contributed by atoms with Gasteiger partial charge in [-0.2, -0.15) is 0 Å². The number of nitrogens with zero attached hydrogens (tertiary/aromatic N) is 2. The molecule has 0 amide bonds. The summed E-state index contributed by atoms with van der Waals surface area (Å²) in [5, 5.41) is 13.2. The molecule has 0 saturated heterocycles. The fourth-order valence-electron chi connectivity index (χ4n) is 5.74. The summed E-state index contributed by atoms with van der Waals surface area (Å²) in [6.45, 7) is 18.3. The summed E-state index contributed by atoms with van der Waals surface area (Å²) in [6, 6.07) is 30.6. The Bertz CT molecular complexity index is 2050. The van der Waals surface area contributed by atoms with Crippen molar-refractivity contribution >= 4 is 43.8 Å². The maximum atomic E-state index is 10.0. The number of rotatable bonds is 7. The fraction of sp³-hybridized carbons (Fsp3) is 0.220. The first-order valence-electron chi connectivity index (χ1n) is 15.7. The molecule has 0 fully saturated rings. The molecular formula is C41H41IrN2O2S-. The van der Waals surface area contributed by atoms with Crippen LogP contribution in [0.25, 0.3) is 54.9 Å². The first kappa shape index (κ1) is 35.8. The maximum Gasteiger partial charge on any atom is 0.155 e. The van der Waals surface area contributed by atoms with Gasteiger partial charge in [0, 0.05) is 31.9 Å². The van der Waals surface area contributed by atoms with Gasteiger partial charge in [0.15, 0.2) is 5.78 Å². The minimum Gasteiger partial charge on any atom is -0.512 e. The van der Waals surface area contributed by atoms with Gasteiger partial charge >= 0.3 is 0 Å². The summed E-state index contributed by atoms with van der Waals surface area (Å²) in [4.78, 5) is 15.3. The van der Waals surface area contributed by atoms with Crippen molar-refractivity contribution < 1.29 is 30.0 Å². The molecule has 6 rings (SSSR count). The van der Waals surface area contributed by atoms with E-state index >= 15 is 0 Å². The summed E-state index contributed by atoms with van der Waals surface area (Å²) >= 11 is 1.66. The van der Waals surface area contributed by atoms with Gasteiger partial charge in [-0.3, -0.25) is 21.1 Å². The molecule has 1 N–H and O–H groups in total. The van der Waals surface area contributed by atoms with E-state index in [0.29, 0.717) is 11.8 Å². The number of carbonyl (C=O) groups excluding carboxylic acids is 1. The molecule has 2 aromatic heterocycles. The number of hydrogen-bond donors (Lipinski definition) is 1. The van der Waals surface area contributed by atoms with Crippen molar-refractivity contribution in [3.63, 3.8) is 0 Å². The first-order chi connectivity index (χ1) is 22.0. The fourth-order valence-corrected chi connectivity index (χ4v) is 6.56. The van der Waals surface area contributed by atoms with E-state index in [-0.39, 0.29) is 31.6 Å². The van der Waals surface area contributed by atoms with Gasteiger partial charge in [-0.15, -0.1) is 5.39 Å². The second-order valence-electron chi connectivity index (χ2n) is 12.4. The van der Waals surface area contributed by atoms with Crippen molar-refractivity contribution in [3.8, 4) is 28.2 Å². The Labute approximate surface area is 295 Å². The molecule has 0 unspecified atom stereocenters. The van der Waals surface area contributed by atoms with Gasteiger partial charge in [0.05, 0.1) is 22.6 Å². The predicted octanol–water partition coefficient (Wildman–Crippen LogP) is 11.7. The third-order valence-electron chi connectivity index (χ3n) is 7.94. The Kier molecular flexibility index (Phi) is 11.6. The van der Waals surface area contributed by atoms with Crippen molar-refractivity contribution in [2.75, 3.05) is 0 Å². The van der Waals surface area contributed by atoms with Crippen LogP contribution in [0.4, 0.5) is 0 Å². The van der Waals surface area contributed by atoms with Gasteiger partial charge in [-0.1, -0.05) is 116 Å². The summed E-state index contributed by atoms with van der Waals surface area (Å²) in [5.41, 5.74) is 11.8. The van der Waals surface area contributed by atoms with Crippen LogP contribution in [0.3, 0.4) is 0 Å². The van der Waals surface area contributed by atoms with Crippen molar-refractivity contribution in [3.05, 3.63) is 125 Å². The smallest absolute Gasteiger partial charge is 0.155 e. The Balaban J connectivity index is 0.000000565. The molecule has 2 heterocycles. The number of carbonyl (C=O) groups is 1. The second-order valence-corrected chi connectivity index (χ2v) is 13.3. The summed E-state index contributed by atoms with van der Waals surface area (Å²) in [6.07, 6.45) is 1.17. The number of imidazole rings is 1. The SMILES string of the molecule is C=C(C)c1ccc2s[c-]c(-c3nc4ccccc4n3-c3c(C(C)C)cc(-c4ccccc4)cc3C(C)C)c2c1.CC(=O)/C=C(/C)O.[Ir]. The van der Waals surface area contributed by atoms with E-state index in [1.165, 1.54) is 58.0 Å². The molecule has 0 aliphatic rings. The first-order valence-corrected chi connectivity index (χ1v) is 16.5. The monoisotopic (exact) mass is 818 g/mol. The average Bonchev–Trinajstić information content (AvgIpc) is 3.61. The molecule has 6 aromatic rings. The van der Waals surface area contributed by atoms with E-state index in [1.807, 2.05) is 0 Å². The molecule has 0 spiro atoms. The van der Waals surface area contributed by atoms with Crippen molar-refractivity contribution in [1.29, 1.82) is 0 Å². The number of para-hydroxylation sites is 2. The van der Waals surface area contributed by atoms with Gasteiger partial charge in [-0.05, 0) is 84.7 Å². The molecule has 0 aliphatic heterocycles. The molecule has 0 aliphatic carbocycles. The Morgan fingerprint density at radius 1 is 0.872 bits per heavy atom. The van der Waals surface area contributed by atoms with Crippen LogP contribution >= 0.6 is 11.3 Å². The number of hydrogen-bond acceptors (Lipinski definition) is 4. The zero-order valence-corrected chi connectivity index (χ0v) is 31.2. The molecule has 0 saturated carbocycles. The molecule has 4 aromatic carbocycles. The number of aliphatic hydroxyl groups excluding tert-OH is 1. The molecular weight excluding hydrogens is 777 g/mol. The third-order valence-corrected chi connectivity index (χ3v) is 8.83. The number of thiophene rings is 1. The van der Waals surface area contributed by atoms with Crippen molar-refractivity contribution in [2.24, 2.45) is 0 Å². The molecule has 47 heavy (non-hydrogen) atoms. The molecule has 4 nitrogen and oxygen atoms in total. The Hall–Kier alpha value is -4.09. The van der Waals surface area contributed by atoms with E-state index < -0.39 is 0 Å². The van der Waals surface area contributed by atoms with Crippen LogP contribution in [0.15, 0.2) is 103 Å². The standard InChI is InChI=1S/C36H33N2S.C5H8O2.Ir/c1-22(2)26-16-17-34-30(18-26)31(21-39-34)36-37-32-14-10-11-15-33(32)38(36)35-28(23(3)4)19-27(20-29(35)24(5)6)25-12-8-7-9-13-25;1-4(6)3-5(2)7;/h7-20,23-24H,1H2,2-6H3;3,6H,1-2H3;/q-1;;/b;4-3-;. The zero-order chi connectivity index (χ0) is 33.1. The van der Waals surface area contributed by atoms with Crippen LogP contribution in [-0.4, -0.2) is 20.4 Å². The van der Waals surface area contributed by atoms with E-state index in [9.17, 15) is 4.79 Å². The van der Waals surface area contributed by atoms with E-state index in [4.69, 9.17) is 10.1 Å². The van der Waals surface area contributed by atoms with E-state index in [2.05, 4.69) is 136 Å². The van der Waals surface area contributed by atoms with Crippen LogP contribution < -0.4 is 0 Å². The number of aromatic nitrogens is 2. The van der Waals surface area contributed by atoms with Crippen molar-refractivity contribution in [2.45, 2.75) is 60.3 Å². The van der Waals surface area contributed by atoms with Gasteiger partial charge in [0.1, 0.15) is 0 Å². The molecule has 0 bridgehead atoms. The van der Waals surface area contributed by atoms with Gasteiger partial charge in [0.25, 0.3) is 0 Å². The predicted molar refractivity (Wildman–Crippen MR) is 196 cm³/mol. The van der Waals surface area contributed by atoms with Crippen LogP contribution in [0, 0.1) is 5.38 Å². The van der Waals surface area contributed by atoms with E-state index in [1.54, 1.807) is 11.3 Å². The Morgan fingerprint density at radius 2 is 1.49 bits per heavy atom. The van der Waals surface area contributed by atoms with E-state index in [0.717, 1.165) is 33.6 Å². The molecule has 1 radical (unpaired) electrons. The van der Waals surface area contributed by atoms with Crippen LogP contribution in [-0.2, 0) is 24.9 Å². The summed E-state index contributed by atoms with van der Waals surface area (Å²) in [7, 11) is 0. The van der Waals surface area contributed by atoms with Crippen molar-refractivity contribution in [1.82, 2.24) is 9.55 Å². The minimum atomic E-state index is -0.125. The molecule has 6 heteroatoms. The van der Waals surface area contributed by atoms with Crippen LogP contribution in [0.2, 0.25) is 0 Å². The number of aliphatic hydroxyl groups is 1. The summed E-state index contributed by atoms with van der Waals surface area (Å²) < 4.78 is 3.61. The Morgan fingerprint density at radius 3 is 2.04 bits per heavy atom. The van der Waals surface area contributed by atoms with Crippen LogP contribution in [0.5, 0.6) is 0 Å². The topological polar surface area (TPSA) is 55.1 Å². The number of benzene rings is 4. The normalized spacial score (nSPS) is 11.5. The van der Waals surface area contributed by atoms with Gasteiger partial charge in [-0.25, -0.2) is 0 Å². The number of ketones is 1. The zero-order valence-electron chi connectivity index (χ0n) is 28.0. The van der Waals surface area contributed by atoms with Gasteiger partial charge in [0.2, 0.25) is 0 Å². The molecule has 243 valence electrons.